The van der Waals surface area contributed by atoms with Crippen molar-refractivity contribution in [1.82, 2.24) is 23.7 Å². The Morgan fingerprint density at radius 1 is 0.237 bits per heavy atom. The van der Waals surface area contributed by atoms with Crippen LogP contribution in [0.2, 0.25) is 0 Å². The lowest BCUT2D eigenvalue weighted by Gasteiger charge is -2.12. The van der Waals surface area contributed by atoms with Gasteiger partial charge in [0.1, 0.15) is 0 Å². The number of fused-ring (bicyclic) bond motifs is 9. The largest absolute Gasteiger partial charge is 0.309 e. The first kappa shape index (κ1) is 43.5. The molecule has 76 heavy (non-hydrogen) atoms. The molecule has 11 aromatic carbocycles. The Kier molecular flexibility index (Phi) is 10.0. The molecule has 0 aliphatic rings. The predicted molar refractivity (Wildman–Crippen MR) is 317 cm³/mol. The van der Waals surface area contributed by atoms with Crippen LogP contribution in [0.15, 0.2) is 267 Å². The Bertz CT molecular complexity index is 4440. The maximum Gasteiger partial charge on any atom is 0.160 e. The molecule has 4 heterocycles. The van der Waals surface area contributed by atoms with Gasteiger partial charge in [-0.2, -0.15) is 0 Å². The van der Waals surface area contributed by atoms with Gasteiger partial charge in [0.25, 0.3) is 0 Å². The molecule has 4 aromatic heterocycles. The van der Waals surface area contributed by atoms with Gasteiger partial charge in [0.2, 0.25) is 0 Å². The van der Waals surface area contributed by atoms with Gasteiger partial charge < -0.3 is 13.7 Å². The van der Waals surface area contributed by atoms with Gasteiger partial charge in [-0.05, 0) is 108 Å². The first-order valence-electron chi connectivity index (χ1n) is 26.0. The van der Waals surface area contributed by atoms with Crippen LogP contribution in [0.4, 0.5) is 0 Å². The number of hydrogen-bond donors (Lipinski definition) is 0. The summed E-state index contributed by atoms with van der Waals surface area (Å²) >= 11 is 0. The third-order valence-electron chi connectivity index (χ3n) is 15.4. The van der Waals surface area contributed by atoms with Crippen LogP contribution < -0.4 is 0 Å². The van der Waals surface area contributed by atoms with Gasteiger partial charge in [-0.15, -0.1) is 0 Å². The summed E-state index contributed by atoms with van der Waals surface area (Å²) in [5.41, 5.74) is 21.2. The van der Waals surface area contributed by atoms with Crippen LogP contribution in [-0.4, -0.2) is 23.7 Å². The molecule has 0 fully saturated rings. The van der Waals surface area contributed by atoms with E-state index in [1.165, 1.54) is 65.5 Å². The van der Waals surface area contributed by atoms with Crippen molar-refractivity contribution >= 4 is 65.4 Å². The summed E-state index contributed by atoms with van der Waals surface area (Å²) in [6.07, 6.45) is 0. The van der Waals surface area contributed by atoms with E-state index >= 15 is 0 Å². The van der Waals surface area contributed by atoms with E-state index in [2.05, 4.69) is 281 Å². The molecular formula is C71H47N5. The van der Waals surface area contributed by atoms with Crippen molar-refractivity contribution < 1.29 is 0 Å². The quantitative estimate of drug-likeness (QED) is 0.152. The van der Waals surface area contributed by atoms with E-state index < -0.39 is 0 Å². The molecule has 0 bridgehead atoms. The molecule has 0 saturated heterocycles. The first-order chi connectivity index (χ1) is 37.6. The molecule has 15 aromatic rings. The van der Waals surface area contributed by atoms with E-state index in [0.29, 0.717) is 5.82 Å². The second kappa shape index (κ2) is 17.5. The van der Waals surface area contributed by atoms with Crippen LogP contribution in [0.5, 0.6) is 0 Å². The standard InChI is InChI=1S/C71H47N5/c1-46-23-25-53(26-24-46)71-72-63(51-13-3-2-4-14-51)45-64(73-71)52-33-31-49(32-34-52)47-27-29-48(30-28-47)50-35-37-54(38-36-50)74-69-41-39-55(75-65-19-9-5-15-57(65)58-16-6-10-20-66(58)75)43-61(69)62-44-56(40-42-70(62)74)76-67-21-11-7-17-59(67)60-18-8-12-22-68(60)76/h2-45H,1H3. The van der Waals surface area contributed by atoms with Crippen LogP contribution in [0.3, 0.4) is 0 Å². The number of aromatic nitrogens is 5. The summed E-state index contributed by atoms with van der Waals surface area (Å²) < 4.78 is 7.27. The van der Waals surface area contributed by atoms with Crippen molar-refractivity contribution in [3.05, 3.63) is 272 Å². The third kappa shape index (κ3) is 7.16. The van der Waals surface area contributed by atoms with Gasteiger partial charge in [0.05, 0.1) is 44.5 Å². The minimum Gasteiger partial charge on any atom is -0.309 e. The molecular weight excluding hydrogens is 923 g/mol. The minimum absolute atomic E-state index is 0.717. The highest BCUT2D eigenvalue weighted by Gasteiger charge is 2.20. The van der Waals surface area contributed by atoms with Crippen molar-refractivity contribution in [2.75, 3.05) is 0 Å². The van der Waals surface area contributed by atoms with E-state index in [0.717, 1.165) is 72.9 Å². The maximum atomic E-state index is 5.08. The second-order valence-electron chi connectivity index (χ2n) is 19.9. The summed E-state index contributed by atoms with van der Waals surface area (Å²) in [6.45, 7) is 2.10. The number of nitrogens with zero attached hydrogens (tertiary/aromatic N) is 5. The Morgan fingerprint density at radius 3 is 0.987 bits per heavy atom. The Morgan fingerprint density at radius 2 is 0.553 bits per heavy atom. The van der Waals surface area contributed by atoms with Crippen LogP contribution in [0.1, 0.15) is 5.56 Å². The van der Waals surface area contributed by atoms with E-state index in [1.54, 1.807) is 0 Å². The van der Waals surface area contributed by atoms with Gasteiger partial charge in [0, 0.05) is 66.1 Å². The monoisotopic (exact) mass is 969 g/mol. The molecule has 5 nitrogen and oxygen atoms in total. The lowest BCUT2D eigenvalue weighted by molar-refractivity contribution is 1.16. The Labute approximate surface area is 439 Å². The van der Waals surface area contributed by atoms with Crippen molar-refractivity contribution in [2.24, 2.45) is 0 Å². The topological polar surface area (TPSA) is 40.6 Å². The lowest BCUT2D eigenvalue weighted by atomic mass is 9.98. The van der Waals surface area contributed by atoms with Crippen LogP contribution in [-0.2, 0) is 0 Å². The third-order valence-corrected chi connectivity index (χ3v) is 15.4. The second-order valence-corrected chi connectivity index (χ2v) is 19.9. The summed E-state index contributed by atoms with van der Waals surface area (Å²) in [4.78, 5) is 10.1. The number of aryl methyl sites for hydroxylation is 1. The van der Waals surface area contributed by atoms with Crippen LogP contribution >= 0.6 is 0 Å². The molecule has 0 N–H and O–H groups in total. The van der Waals surface area contributed by atoms with E-state index in [9.17, 15) is 0 Å². The number of para-hydroxylation sites is 4. The normalized spacial score (nSPS) is 11.8. The number of benzene rings is 11. The molecule has 356 valence electrons. The van der Waals surface area contributed by atoms with Gasteiger partial charge in [-0.25, -0.2) is 9.97 Å². The lowest BCUT2D eigenvalue weighted by Crippen LogP contribution is -1.96. The molecule has 0 spiro atoms. The van der Waals surface area contributed by atoms with Gasteiger partial charge in [-0.1, -0.05) is 194 Å². The number of rotatable bonds is 8. The van der Waals surface area contributed by atoms with Crippen LogP contribution in [0.25, 0.3) is 139 Å². The fourth-order valence-corrected chi connectivity index (χ4v) is 11.6. The zero-order valence-corrected chi connectivity index (χ0v) is 41.6. The predicted octanol–water partition coefficient (Wildman–Crippen LogP) is 18.4. The summed E-state index contributed by atoms with van der Waals surface area (Å²) in [5, 5.41) is 7.41. The fourth-order valence-electron chi connectivity index (χ4n) is 11.6. The molecule has 0 saturated carbocycles. The molecule has 0 aliphatic heterocycles. The van der Waals surface area contributed by atoms with Gasteiger partial charge in [-0.3, -0.25) is 0 Å². The first-order valence-corrected chi connectivity index (χ1v) is 26.0. The molecule has 15 rings (SSSR count). The van der Waals surface area contributed by atoms with E-state index in [1.807, 2.05) is 6.07 Å². The summed E-state index contributed by atoms with van der Waals surface area (Å²) in [7, 11) is 0. The average molecular weight is 970 g/mol. The van der Waals surface area contributed by atoms with E-state index in [4.69, 9.17) is 9.97 Å². The molecule has 0 radical (unpaired) electrons. The van der Waals surface area contributed by atoms with Crippen molar-refractivity contribution in [1.29, 1.82) is 0 Å². The summed E-state index contributed by atoms with van der Waals surface area (Å²) in [5.74, 6) is 0.717. The zero-order valence-electron chi connectivity index (χ0n) is 41.6. The molecule has 0 unspecified atom stereocenters. The smallest absolute Gasteiger partial charge is 0.160 e. The summed E-state index contributed by atoms with van der Waals surface area (Å²) in [6, 6.07) is 96.5. The highest BCUT2D eigenvalue weighted by Crippen LogP contribution is 2.40. The molecule has 0 aliphatic carbocycles. The molecule has 5 heteroatoms. The maximum absolute atomic E-state index is 5.08. The van der Waals surface area contributed by atoms with Gasteiger partial charge in [0.15, 0.2) is 5.82 Å². The van der Waals surface area contributed by atoms with Crippen molar-refractivity contribution in [3.63, 3.8) is 0 Å². The van der Waals surface area contributed by atoms with Crippen molar-refractivity contribution in [2.45, 2.75) is 6.92 Å². The fraction of sp³-hybridized carbons (Fsp3) is 0.0141. The van der Waals surface area contributed by atoms with Crippen molar-refractivity contribution in [3.8, 4) is 73.2 Å². The van der Waals surface area contributed by atoms with E-state index in [-0.39, 0.29) is 0 Å². The number of hydrogen-bond acceptors (Lipinski definition) is 2. The highest BCUT2D eigenvalue weighted by atomic mass is 15.0. The zero-order chi connectivity index (χ0) is 50.3. The van der Waals surface area contributed by atoms with Crippen LogP contribution in [0, 0.1) is 6.92 Å². The molecule has 0 amide bonds. The average Bonchev–Trinajstić information content (AvgIpc) is 4.19. The minimum atomic E-state index is 0.717. The highest BCUT2D eigenvalue weighted by molar-refractivity contribution is 6.14. The molecule has 0 atom stereocenters. The Hall–Kier alpha value is -10.1. The SMILES string of the molecule is Cc1ccc(-c2nc(-c3ccccc3)cc(-c3ccc(-c4ccc(-c5ccc(-n6c7ccc(-n8c9ccccc9c9ccccc98)cc7c7cc(-n8c9ccccc9c9ccccc98)ccc76)cc5)cc4)cc3)n2)cc1. The Balaban J connectivity index is 0.787. The van der Waals surface area contributed by atoms with Gasteiger partial charge >= 0.3 is 0 Å².